The number of esters is 1. The highest BCUT2D eigenvalue weighted by Crippen LogP contribution is 2.49. The van der Waals surface area contributed by atoms with Crippen LogP contribution in [0.5, 0.6) is 0 Å². The minimum absolute atomic E-state index is 0.0590. The van der Waals surface area contributed by atoms with Gasteiger partial charge in [-0.15, -0.1) is 0 Å². The number of alkyl halides is 2. The first-order valence-corrected chi connectivity index (χ1v) is 4.15. The first-order valence-electron chi connectivity index (χ1n) is 4.15. The van der Waals surface area contributed by atoms with Gasteiger partial charge in [0.25, 0.3) is 6.43 Å². The van der Waals surface area contributed by atoms with E-state index >= 15 is 0 Å². The van der Waals surface area contributed by atoms with E-state index in [1.54, 1.807) is 6.92 Å². The van der Waals surface area contributed by atoms with Gasteiger partial charge in [0.2, 0.25) is 0 Å². The van der Waals surface area contributed by atoms with Crippen LogP contribution in [0.15, 0.2) is 12.2 Å². The maximum Gasteiger partial charge on any atom is 0.318 e. The van der Waals surface area contributed by atoms with Crippen LogP contribution in [-0.4, -0.2) is 19.0 Å². The van der Waals surface area contributed by atoms with E-state index in [2.05, 4.69) is 11.3 Å². The maximum absolute atomic E-state index is 12.5. The second kappa shape index (κ2) is 3.44. The molecule has 0 unspecified atom stereocenters. The highest BCUT2D eigenvalue weighted by Gasteiger charge is 2.55. The SMILES string of the molecule is C=C1CC(C(=O)OCC)(C(F)F)C1. The standard InChI is InChI=1S/C9H12F2O2/c1-3-13-8(12)9(7(10)11)4-6(2)5-9/h7H,2-5H2,1H3. The Morgan fingerprint density at radius 1 is 1.69 bits per heavy atom. The third kappa shape index (κ3) is 1.57. The average Bonchev–Trinajstić information content (AvgIpc) is 1.98. The third-order valence-corrected chi connectivity index (χ3v) is 2.23. The molecule has 13 heavy (non-hydrogen) atoms. The van der Waals surface area contributed by atoms with Crippen LogP contribution in [0.2, 0.25) is 0 Å². The van der Waals surface area contributed by atoms with Crippen LogP contribution in [0.25, 0.3) is 0 Å². The van der Waals surface area contributed by atoms with Crippen molar-refractivity contribution in [2.24, 2.45) is 5.41 Å². The van der Waals surface area contributed by atoms with Gasteiger partial charge >= 0.3 is 5.97 Å². The molecular weight excluding hydrogens is 178 g/mol. The second-order valence-corrected chi connectivity index (χ2v) is 3.28. The van der Waals surface area contributed by atoms with Crippen LogP contribution < -0.4 is 0 Å². The van der Waals surface area contributed by atoms with Gasteiger partial charge in [-0.25, -0.2) is 8.78 Å². The molecular formula is C9H12F2O2. The Hall–Kier alpha value is -0.930. The normalized spacial score (nSPS) is 19.8. The molecule has 4 heteroatoms. The Bertz CT molecular complexity index is 228. The summed E-state index contributed by atoms with van der Waals surface area (Å²) < 4.78 is 29.7. The van der Waals surface area contributed by atoms with Crippen LogP contribution in [0, 0.1) is 5.41 Å². The van der Waals surface area contributed by atoms with Gasteiger partial charge in [-0.05, 0) is 19.8 Å². The minimum atomic E-state index is -2.66. The molecule has 1 saturated carbocycles. The Balaban J connectivity index is 2.69. The summed E-state index contributed by atoms with van der Waals surface area (Å²) in [6.07, 6.45) is -2.54. The van der Waals surface area contributed by atoms with E-state index < -0.39 is 17.8 Å². The first kappa shape index (κ1) is 10.2. The Morgan fingerprint density at radius 2 is 2.23 bits per heavy atom. The summed E-state index contributed by atoms with van der Waals surface area (Å²) >= 11 is 0. The van der Waals surface area contributed by atoms with Crippen molar-refractivity contribution < 1.29 is 18.3 Å². The van der Waals surface area contributed by atoms with E-state index in [1.165, 1.54) is 0 Å². The predicted octanol–water partition coefficient (Wildman–Crippen LogP) is 2.15. The molecule has 1 rings (SSSR count). The van der Waals surface area contributed by atoms with Crippen molar-refractivity contribution in [2.45, 2.75) is 26.2 Å². The summed E-state index contributed by atoms with van der Waals surface area (Å²) in [5.41, 5.74) is -0.902. The van der Waals surface area contributed by atoms with Gasteiger partial charge in [0.15, 0.2) is 0 Å². The number of hydrogen-bond acceptors (Lipinski definition) is 2. The molecule has 74 valence electrons. The van der Waals surface area contributed by atoms with E-state index in [0.717, 1.165) is 0 Å². The molecule has 1 aliphatic carbocycles. The molecule has 0 aromatic rings. The van der Waals surface area contributed by atoms with Gasteiger partial charge in [0, 0.05) is 0 Å². The number of ether oxygens (including phenoxy) is 1. The van der Waals surface area contributed by atoms with Crippen molar-refractivity contribution in [3.63, 3.8) is 0 Å². The van der Waals surface area contributed by atoms with Crippen molar-refractivity contribution in [1.29, 1.82) is 0 Å². The molecule has 0 amide bonds. The van der Waals surface area contributed by atoms with E-state index in [-0.39, 0.29) is 19.4 Å². The van der Waals surface area contributed by atoms with Crippen LogP contribution in [0.4, 0.5) is 8.78 Å². The number of carbonyl (C=O) groups excluding carboxylic acids is 1. The molecule has 0 radical (unpaired) electrons. The lowest BCUT2D eigenvalue weighted by atomic mass is 9.66. The zero-order valence-electron chi connectivity index (χ0n) is 7.48. The van der Waals surface area contributed by atoms with Crippen molar-refractivity contribution in [3.8, 4) is 0 Å². The molecule has 0 heterocycles. The molecule has 0 aliphatic heterocycles. The molecule has 0 aromatic carbocycles. The number of allylic oxidation sites excluding steroid dienone is 1. The fourth-order valence-corrected chi connectivity index (χ4v) is 1.50. The average molecular weight is 190 g/mol. The van der Waals surface area contributed by atoms with E-state index in [4.69, 9.17) is 0 Å². The molecule has 1 aliphatic rings. The highest BCUT2D eigenvalue weighted by atomic mass is 19.3. The summed E-state index contributed by atoms with van der Waals surface area (Å²) in [6.45, 7) is 5.28. The van der Waals surface area contributed by atoms with E-state index in [9.17, 15) is 13.6 Å². The van der Waals surface area contributed by atoms with Gasteiger partial charge < -0.3 is 4.74 Å². The van der Waals surface area contributed by atoms with E-state index in [1.807, 2.05) is 0 Å². The Morgan fingerprint density at radius 3 is 2.54 bits per heavy atom. The van der Waals surface area contributed by atoms with Crippen molar-refractivity contribution in [1.82, 2.24) is 0 Å². The van der Waals surface area contributed by atoms with Crippen LogP contribution in [0.1, 0.15) is 19.8 Å². The largest absolute Gasteiger partial charge is 0.465 e. The van der Waals surface area contributed by atoms with Gasteiger partial charge in [0.05, 0.1) is 6.61 Å². The number of carbonyl (C=O) groups is 1. The zero-order chi connectivity index (χ0) is 10.1. The quantitative estimate of drug-likeness (QED) is 0.503. The van der Waals surface area contributed by atoms with Crippen molar-refractivity contribution >= 4 is 5.97 Å². The molecule has 2 nitrogen and oxygen atoms in total. The lowest BCUT2D eigenvalue weighted by Gasteiger charge is -2.39. The lowest BCUT2D eigenvalue weighted by molar-refractivity contribution is -0.170. The summed E-state index contributed by atoms with van der Waals surface area (Å²) in [5, 5.41) is 0. The third-order valence-electron chi connectivity index (χ3n) is 2.23. The second-order valence-electron chi connectivity index (χ2n) is 3.28. The molecule has 0 saturated heterocycles. The minimum Gasteiger partial charge on any atom is -0.465 e. The summed E-state index contributed by atoms with van der Waals surface area (Å²) in [6, 6.07) is 0. The zero-order valence-corrected chi connectivity index (χ0v) is 7.48. The van der Waals surface area contributed by atoms with Crippen LogP contribution in [-0.2, 0) is 9.53 Å². The van der Waals surface area contributed by atoms with Crippen molar-refractivity contribution in [2.75, 3.05) is 6.61 Å². The monoisotopic (exact) mass is 190 g/mol. The van der Waals surface area contributed by atoms with Crippen LogP contribution >= 0.6 is 0 Å². The molecule has 0 atom stereocenters. The van der Waals surface area contributed by atoms with Gasteiger partial charge in [-0.1, -0.05) is 12.2 Å². The molecule has 0 spiro atoms. The van der Waals surface area contributed by atoms with E-state index in [0.29, 0.717) is 5.57 Å². The maximum atomic E-state index is 12.5. The Kier molecular flexibility index (Phi) is 2.68. The number of halogens is 2. The van der Waals surface area contributed by atoms with Gasteiger partial charge in [-0.2, -0.15) is 0 Å². The summed E-state index contributed by atoms with van der Waals surface area (Å²) in [5.74, 6) is -0.794. The number of rotatable bonds is 3. The fraction of sp³-hybridized carbons (Fsp3) is 0.667. The smallest absolute Gasteiger partial charge is 0.318 e. The highest BCUT2D eigenvalue weighted by molar-refractivity contribution is 5.80. The topological polar surface area (TPSA) is 26.3 Å². The molecule has 1 fully saturated rings. The summed E-state index contributed by atoms with van der Waals surface area (Å²) in [7, 11) is 0. The molecule has 0 N–H and O–H groups in total. The predicted molar refractivity (Wildman–Crippen MR) is 43.4 cm³/mol. The van der Waals surface area contributed by atoms with Gasteiger partial charge in [-0.3, -0.25) is 4.79 Å². The van der Waals surface area contributed by atoms with Crippen LogP contribution in [0.3, 0.4) is 0 Å². The molecule has 0 bridgehead atoms. The fourth-order valence-electron chi connectivity index (χ4n) is 1.50. The molecule has 0 aromatic heterocycles. The number of hydrogen-bond donors (Lipinski definition) is 0. The summed E-state index contributed by atoms with van der Waals surface area (Å²) in [4.78, 5) is 11.2. The first-order chi connectivity index (χ1) is 6.03. The lowest BCUT2D eigenvalue weighted by Crippen LogP contribution is -2.46. The van der Waals surface area contributed by atoms with Gasteiger partial charge in [0.1, 0.15) is 5.41 Å². The van der Waals surface area contributed by atoms with Crippen molar-refractivity contribution in [3.05, 3.63) is 12.2 Å². The Labute approximate surface area is 75.6 Å².